The number of fused-ring (bicyclic) bond motifs is 1. The number of hydrogen-bond acceptors (Lipinski definition) is 6. The maximum atomic E-state index is 13.8. The molecule has 8 nitrogen and oxygen atoms in total. The van der Waals surface area contributed by atoms with Crippen LogP contribution in [0.25, 0.3) is 5.76 Å². The van der Waals surface area contributed by atoms with Gasteiger partial charge in [-0.15, -0.1) is 0 Å². The number of ether oxygens (including phenoxy) is 3. The smallest absolute Gasteiger partial charge is 0.295 e. The molecule has 1 amide bonds. The van der Waals surface area contributed by atoms with E-state index in [-0.39, 0.29) is 11.7 Å². The van der Waals surface area contributed by atoms with Gasteiger partial charge in [-0.05, 0) is 61.7 Å². The first-order valence-corrected chi connectivity index (χ1v) is 13.0. The van der Waals surface area contributed by atoms with Gasteiger partial charge in [-0.3, -0.25) is 9.59 Å². The number of nitrogens with one attached hydrogen (secondary N) is 1. The molecule has 8 heteroatoms. The minimum atomic E-state index is -0.803. The van der Waals surface area contributed by atoms with Crippen molar-refractivity contribution in [1.29, 1.82) is 0 Å². The fourth-order valence-corrected chi connectivity index (χ4v) is 5.01. The molecule has 2 aliphatic heterocycles. The van der Waals surface area contributed by atoms with Crippen molar-refractivity contribution >= 4 is 17.4 Å². The van der Waals surface area contributed by atoms with Crippen LogP contribution in [0.3, 0.4) is 0 Å². The second-order valence-corrected chi connectivity index (χ2v) is 9.81. The van der Waals surface area contributed by atoms with Crippen molar-refractivity contribution in [2.24, 2.45) is 0 Å². The standard InChI is InChI=1S/C29H36N2O6/c1-6-35-23-12-9-19(17-24(23)36-7-2)26-25(28(33)29(34)31(26)14-8-13-30(4)5)27(32)20-10-11-22-21(16-20)15-18(3)37-22/h9-12,16-18,26,32H,6-8,13-15H2,1-5H3/b27-25+. The summed E-state index contributed by atoms with van der Waals surface area (Å²) in [7, 11) is 4.07. The Hall–Kier alpha value is -3.52. The third-order valence-electron chi connectivity index (χ3n) is 6.65. The molecule has 4 rings (SSSR count). The summed E-state index contributed by atoms with van der Waals surface area (Å²) in [5, 5.41) is 13.8. The van der Waals surface area contributed by atoms with Crippen molar-refractivity contribution in [1.82, 2.24) is 4.90 Å². The summed E-state index contributed by atoms with van der Waals surface area (Å²) in [6.45, 7) is 7.82. The van der Waals surface area contributed by atoms with E-state index < -0.39 is 23.5 Å². The summed E-state index contributed by atoms with van der Waals surface area (Å²) in [4.78, 5) is 29.4. The molecule has 0 saturated carbocycles. The van der Waals surface area contributed by atoms with Gasteiger partial charge in [0, 0.05) is 25.0 Å². The van der Waals surface area contributed by atoms with Gasteiger partial charge in [-0.1, -0.05) is 17.9 Å². The van der Waals surface area contributed by atoms with Crippen LogP contribution < -0.4 is 24.2 Å². The topological polar surface area (TPSA) is 92.6 Å². The van der Waals surface area contributed by atoms with Crippen LogP contribution in [0.5, 0.6) is 17.2 Å². The lowest BCUT2D eigenvalue weighted by Crippen LogP contribution is -3.05. The van der Waals surface area contributed by atoms with E-state index in [4.69, 9.17) is 14.2 Å². The van der Waals surface area contributed by atoms with Crippen LogP contribution in [0.1, 0.15) is 49.9 Å². The maximum Gasteiger partial charge on any atom is 0.295 e. The van der Waals surface area contributed by atoms with Crippen molar-refractivity contribution in [2.45, 2.75) is 45.8 Å². The number of likely N-dealkylation sites (tertiary alicyclic amines) is 1. The third-order valence-corrected chi connectivity index (χ3v) is 6.65. The Morgan fingerprint density at radius 2 is 1.81 bits per heavy atom. The number of nitrogens with zero attached hydrogens (tertiary/aromatic N) is 1. The molecule has 198 valence electrons. The van der Waals surface area contributed by atoms with Gasteiger partial charge in [-0.2, -0.15) is 0 Å². The lowest BCUT2D eigenvalue weighted by atomic mass is 9.94. The molecular formula is C29H36N2O6. The van der Waals surface area contributed by atoms with Gasteiger partial charge in [0.15, 0.2) is 11.5 Å². The van der Waals surface area contributed by atoms with Crippen molar-refractivity contribution in [3.05, 3.63) is 58.7 Å². The number of benzene rings is 2. The first-order chi connectivity index (χ1) is 17.7. The predicted octanol–water partition coefficient (Wildman–Crippen LogP) is 1.57. The summed E-state index contributed by atoms with van der Waals surface area (Å²) < 4.78 is 17.3. The Morgan fingerprint density at radius 1 is 1.08 bits per heavy atom. The number of carbonyl (C=O) groups excluding carboxylic acids is 2. The second-order valence-electron chi connectivity index (χ2n) is 9.81. The lowest BCUT2D eigenvalue weighted by Gasteiger charge is -2.28. The molecule has 0 bridgehead atoms. The van der Waals surface area contributed by atoms with Crippen molar-refractivity contribution in [3.8, 4) is 17.2 Å². The van der Waals surface area contributed by atoms with E-state index >= 15 is 0 Å². The molecule has 0 aliphatic carbocycles. The van der Waals surface area contributed by atoms with E-state index in [0.29, 0.717) is 55.2 Å². The highest BCUT2D eigenvalue weighted by molar-refractivity contribution is 6.46. The third kappa shape index (κ3) is 5.44. The SMILES string of the molecule is CCOc1ccc(C2/C(=C(\[O-])c3ccc4c(c3)CC(C)O4)C(=O)C(=O)N2CCC[NH+](C)C)cc1OCC. The number of Topliss-reactive ketones (excluding diaryl/α,β-unsaturated/α-hetero) is 1. The van der Waals surface area contributed by atoms with E-state index in [0.717, 1.165) is 17.9 Å². The van der Waals surface area contributed by atoms with Crippen molar-refractivity contribution in [2.75, 3.05) is 40.4 Å². The fourth-order valence-electron chi connectivity index (χ4n) is 5.01. The minimum Gasteiger partial charge on any atom is -0.872 e. The summed E-state index contributed by atoms with van der Waals surface area (Å²) in [5.74, 6) is 0.0172. The second kappa shape index (κ2) is 11.3. The molecule has 2 aromatic carbocycles. The lowest BCUT2D eigenvalue weighted by molar-refractivity contribution is -0.858. The number of quaternary nitrogens is 1. The first-order valence-electron chi connectivity index (χ1n) is 13.0. The molecule has 0 radical (unpaired) electrons. The summed E-state index contributed by atoms with van der Waals surface area (Å²) in [5.41, 5.74) is 1.93. The van der Waals surface area contributed by atoms with Crippen LogP contribution >= 0.6 is 0 Å². The molecule has 2 heterocycles. The summed E-state index contributed by atoms with van der Waals surface area (Å²) in [6, 6.07) is 9.77. The van der Waals surface area contributed by atoms with Crippen molar-refractivity contribution in [3.63, 3.8) is 0 Å². The van der Waals surface area contributed by atoms with Crippen LogP contribution in [-0.2, 0) is 16.0 Å². The Labute approximate surface area is 218 Å². The summed E-state index contributed by atoms with van der Waals surface area (Å²) >= 11 is 0. The van der Waals surface area contributed by atoms with E-state index in [9.17, 15) is 14.7 Å². The first kappa shape index (κ1) is 26.5. The van der Waals surface area contributed by atoms with Gasteiger partial charge in [0.2, 0.25) is 5.78 Å². The molecule has 0 spiro atoms. The van der Waals surface area contributed by atoms with E-state index in [1.54, 1.807) is 36.4 Å². The van der Waals surface area contributed by atoms with Crippen LogP contribution in [0.4, 0.5) is 0 Å². The molecular weight excluding hydrogens is 472 g/mol. The maximum absolute atomic E-state index is 13.8. The van der Waals surface area contributed by atoms with Crippen LogP contribution in [-0.4, -0.2) is 63.1 Å². The number of carbonyl (C=O) groups is 2. The van der Waals surface area contributed by atoms with Crippen LogP contribution in [0, 0.1) is 0 Å². The Morgan fingerprint density at radius 3 is 2.51 bits per heavy atom. The molecule has 0 aromatic heterocycles. The van der Waals surface area contributed by atoms with Gasteiger partial charge in [-0.25, -0.2) is 0 Å². The van der Waals surface area contributed by atoms with Gasteiger partial charge < -0.3 is 29.1 Å². The monoisotopic (exact) mass is 508 g/mol. The molecule has 2 aliphatic rings. The van der Waals surface area contributed by atoms with Gasteiger partial charge in [0.05, 0.1) is 39.9 Å². The average molecular weight is 509 g/mol. The van der Waals surface area contributed by atoms with E-state index in [2.05, 4.69) is 0 Å². The van der Waals surface area contributed by atoms with Gasteiger partial charge in [0.1, 0.15) is 11.9 Å². The quantitative estimate of drug-likeness (QED) is 0.298. The molecule has 2 aromatic rings. The zero-order valence-corrected chi connectivity index (χ0v) is 22.3. The largest absolute Gasteiger partial charge is 0.872 e. The molecule has 1 fully saturated rings. The zero-order chi connectivity index (χ0) is 26.7. The minimum absolute atomic E-state index is 0.0271. The number of ketones is 1. The Bertz CT molecular complexity index is 1200. The van der Waals surface area contributed by atoms with Crippen molar-refractivity contribution < 1.29 is 33.8 Å². The highest BCUT2D eigenvalue weighted by atomic mass is 16.5. The number of rotatable bonds is 10. The highest BCUT2D eigenvalue weighted by Gasteiger charge is 2.44. The Kier molecular flexibility index (Phi) is 8.07. The van der Waals surface area contributed by atoms with E-state index in [1.807, 2.05) is 34.9 Å². The summed E-state index contributed by atoms with van der Waals surface area (Å²) in [6.07, 6.45) is 1.42. The van der Waals surface area contributed by atoms with Crippen LogP contribution in [0.2, 0.25) is 0 Å². The average Bonchev–Trinajstić information content (AvgIpc) is 3.35. The van der Waals surface area contributed by atoms with Crippen LogP contribution in [0.15, 0.2) is 42.0 Å². The fraction of sp³-hybridized carbons (Fsp3) is 0.448. The predicted molar refractivity (Wildman–Crippen MR) is 138 cm³/mol. The Balaban J connectivity index is 1.81. The van der Waals surface area contributed by atoms with Gasteiger partial charge >= 0.3 is 0 Å². The number of amides is 1. The molecule has 37 heavy (non-hydrogen) atoms. The number of hydrogen-bond donors (Lipinski definition) is 1. The molecule has 2 unspecified atom stereocenters. The zero-order valence-electron chi connectivity index (χ0n) is 22.3. The molecule has 1 saturated heterocycles. The molecule has 1 N–H and O–H groups in total. The van der Waals surface area contributed by atoms with Gasteiger partial charge in [0.25, 0.3) is 5.91 Å². The molecule has 2 atom stereocenters. The normalized spacial score (nSPS) is 20.3. The highest BCUT2D eigenvalue weighted by Crippen LogP contribution is 2.42. The van der Waals surface area contributed by atoms with E-state index in [1.165, 1.54) is 9.80 Å².